The van der Waals surface area contributed by atoms with Crippen molar-refractivity contribution in [2.75, 3.05) is 19.5 Å². The minimum atomic E-state index is -0.174. The molecule has 0 heterocycles. The summed E-state index contributed by atoms with van der Waals surface area (Å²) in [5.41, 5.74) is 1.31. The zero-order valence-corrected chi connectivity index (χ0v) is 12.3. The zero-order valence-electron chi connectivity index (χ0n) is 12.3. The smallest absolute Gasteiger partial charge is 0.143 e. The third-order valence-corrected chi connectivity index (χ3v) is 3.08. The van der Waals surface area contributed by atoms with Crippen LogP contribution in [0.3, 0.4) is 0 Å². The molecule has 0 saturated heterocycles. The summed E-state index contributed by atoms with van der Waals surface area (Å²) < 4.78 is 10.7. The van der Waals surface area contributed by atoms with Crippen molar-refractivity contribution in [1.29, 1.82) is 5.26 Å². The average Bonchev–Trinajstić information content (AvgIpc) is 2.38. The van der Waals surface area contributed by atoms with Crippen LogP contribution >= 0.6 is 0 Å². The fraction of sp³-hybridized carbons (Fsp3) is 0.533. The van der Waals surface area contributed by atoms with Crippen molar-refractivity contribution in [2.24, 2.45) is 0 Å². The lowest BCUT2D eigenvalue weighted by atomic mass is 9.99. The van der Waals surface area contributed by atoms with Gasteiger partial charge in [-0.25, -0.2) is 0 Å². The van der Waals surface area contributed by atoms with Crippen molar-refractivity contribution in [3.63, 3.8) is 0 Å². The molecule has 0 aliphatic heterocycles. The van der Waals surface area contributed by atoms with Crippen molar-refractivity contribution < 1.29 is 9.47 Å². The minimum absolute atomic E-state index is 0.174. The fourth-order valence-electron chi connectivity index (χ4n) is 2.02. The van der Waals surface area contributed by atoms with Gasteiger partial charge in [0.2, 0.25) is 0 Å². The molecule has 0 bridgehead atoms. The molecule has 104 valence electrons. The van der Waals surface area contributed by atoms with Crippen LogP contribution in [0.1, 0.15) is 32.8 Å². The quantitative estimate of drug-likeness (QED) is 0.855. The number of hydrogen-bond acceptors (Lipinski definition) is 4. The van der Waals surface area contributed by atoms with E-state index >= 15 is 0 Å². The van der Waals surface area contributed by atoms with Gasteiger partial charge in [-0.05, 0) is 39.3 Å². The van der Waals surface area contributed by atoms with E-state index in [1.54, 1.807) is 26.4 Å². The van der Waals surface area contributed by atoms with Crippen LogP contribution in [-0.2, 0) is 4.74 Å². The number of benzene rings is 1. The molecule has 19 heavy (non-hydrogen) atoms. The summed E-state index contributed by atoms with van der Waals surface area (Å²) >= 11 is 0. The van der Waals surface area contributed by atoms with Crippen LogP contribution in [-0.4, -0.2) is 25.9 Å². The second-order valence-corrected chi connectivity index (χ2v) is 5.24. The van der Waals surface area contributed by atoms with E-state index < -0.39 is 0 Å². The molecule has 4 nitrogen and oxygen atoms in total. The molecule has 1 N–H and O–H groups in total. The highest BCUT2D eigenvalue weighted by Crippen LogP contribution is 2.27. The third-order valence-electron chi connectivity index (χ3n) is 3.08. The summed E-state index contributed by atoms with van der Waals surface area (Å²) in [6.45, 7) is 6.21. The molecule has 0 saturated carbocycles. The summed E-state index contributed by atoms with van der Waals surface area (Å²) in [5, 5.41) is 12.3. The van der Waals surface area contributed by atoms with Gasteiger partial charge in [0.25, 0.3) is 0 Å². The van der Waals surface area contributed by atoms with Crippen LogP contribution in [0.25, 0.3) is 0 Å². The summed E-state index contributed by atoms with van der Waals surface area (Å²) in [6, 6.07) is 7.71. The number of methoxy groups -OCH3 is 2. The molecule has 1 rings (SSSR count). The maximum Gasteiger partial charge on any atom is 0.143 e. The van der Waals surface area contributed by atoms with Crippen molar-refractivity contribution in [3.05, 3.63) is 23.8 Å². The summed E-state index contributed by atoms with van der Waals surface area (Å²) in [6.07, 6.45) is 0.868. The van der Waals surface area contributed by atoms with Gasteiger partial charge in [-0.2, -0.15) is 5.26 Å². The lowest BCUT2D eigenvalue weighted by Crippen LogP contribution is -2.31. The fourth-order valence-corrected chi connectivity index (χ4v) is 2.02. The van der Waals surface area contributed by atoms with E-state index in [9.17, 15) is 0 Å². The normalized spacial score (nSPS) is 12.6. The molecule has 1 atom stereocenters. The molecule has 0 radical (unpaired) electrons. The minimum Gasteiger partial charge on any atom is -0.495 e. The molecule has 0 aliphatic carbocycles. The molecule has 1 aromatic carbocycles. The molecule has 1 unspecified atom stereocenters. The highest BCUT2D eigenvalue weighted by atomic mass is 16.5. The van der Waals surface area contributed by atoms with E-state index in [-0.39, 0.29) is 11.6 Å². The standard InChI is InChI=1S/C15H22N2O2/c1-11(9-15(2,3)19-5)17-13-7-6-12(10-16)8-14(13)18-4/h6-8,11,17H,9H2,1-5H3. The lowest BCUT2D eigenvalue weighted by molar-refractivity contribution is 0.0128. The Hall–Kier alpha value is -1.73. The van der Waals surface area contributed by atoms with Gasteiger partial charge < -0.3 is 14.8 Å². The average molecular weight is 262 g/mol. The van der Waals surface area contributed by atoms with Crippen LogP contribution in [0.2, 0.25) is 0 Å². The van der Waals surface area contributed by atoms with Crippen molar-refractivity contribution in [3.8, 4) is 11.8 Å². The lowest BCUT2D eigenvalue weighted by Gasteiger charge is -2.28. The Balaban J connectivity index is 2.79. The van der Waals surface area contributed by atoms with Crippen LogP contribution in [0.15, 0.2) is 18.2 Å². The van der Waals surface area contributed by atoms with Crippen LogP contribution in [0, 0.1) is 11.3 Å². The molecular weight excluding hydrogens is 240 g/mol. The number of ether oxygens (including phenoxy) is 2. The van der Waals surface area contributed by atoms with Gasteiger partial charge in [0.1, 0.15) is 5.75 Å². The van der Waals surface area contributed by atoms with Gasteiger partial charge in [0.05, 0.1) is 30.0 Å². The summed E-state index contributed by atoms with van der Waals surface area (Å²) in [4.78, 5) is 0. The van der Waals surface area contributed by atoms with Crippen molar-refractivity contribution >= 4 is 5.69 Å². The Labute approximate surface area is 115 Å². The topological polar surface area (TPSA) is 54.3 Å². The summed E-state index contributed by atoms with van der Waals surface area (Å²) in [5.74, 6) is 0.682. The molecule has 0 amide bonds. The number of anilines is 1. The Morgan fingerprint density at radius 1 is 1.37 bits per heavy atom. The van der Waals surface area contributed by atoms with Gasteiger partial charge in [0, 0.05) is 19.2 Å². The maximum atomic E-state index is 8.87. The first-order chi connectivity index (χ1) is 8.91. The second kappa shape index (κ2) is 6.44. The Bertz CT molecular complexity index is 464. The van der Waals surface area contributed by atoms with Gasteiger partial charge in [-0.15, -0.1) is 0 Å². The number of rotatable bonds is 6. The molecule has 0 fully saturated rings. The molecule has 0 aliphatic rings. The van der Waals surface area contributed by atoms with E-state index in [4.69, 9.17) is 14.7 Å². The number of nitrogens with zero attached hydrogens (tertiary/aromatic N) is 1. The predicted molar refractivity (Wildman–Crippen MR) is 76.5 cm³/mol. The number of hydrogen-bond donors (Lipinski definition) is 1. The van der Waals surface area contributed by atoms with E-state index in [0.717, 1.165) is 12.1 Å². The number of nitriles is 1. The Kier molecular flexibility index (Phi) is 5.20. The van der Waals surface area contributed by atoms with Gasteiger partial charge in [0.15, 0.2) is 0 Å². The third kappa shape index (κ3) is 4.46. The summed E-state index contributed by atoms with van der Waals surface area (Å²) in [7, 11) is 3.32. The Morgan fingerprint density at radius 2 is 2.05 bits per heavy atom. The van der Waals surface area contributed by atoms with Crippen LogP contribution < -0.4 is 10.1 Å². The van der Waals surface area contributed by atoms with E-state index in [2.05, 4.69) is 32.2 Å². The highest BCUT2D eigenvalue weighted by molar-refractivity contribution is 5.59. The first-order valence-corrected chi connectivity index (χ1v) is 6.31. The maximum absolute atomic E-state index is 8.87. The molecule has 0 aromatic heterocycles. The van der Waals surface area contributed by atoms with E-state index in [0.29, 0.717) is 11.3 Å². The van der Waals surface area contributed by atoms with E-state index in [1.807, 2.05) is 6.07 Å². The van der Waals surface area contributed by atoms with E-state index in [1.165, 1.54) is 0 Å². The van der Waals surface area contributed by atoms with Crippen LogP contribution in [0.5, 0.6) is 5.75 Å². The first-order valence-electron chi connectivity index (χ1n) is 6.31. The molecule has 1 aromatic rings. The monoisotopic (exact) mass is 262 g/mol. The van der Waals surface area contributed by atoms with Crippen molar-refractivity contribution in [1.82, 2.24) is 0 Å². The van der Waals surface area contributed by atoms with Crippen molar-refractivity contribution in [2.45, 2.75) is 38.8 Å². The molecule has 4 heteroatoms. The second-order valence-electron chi connectivity index (χ2n) is 5.24. The SMILES string of the molecule is COc1cc(C#N)ccc1NC(C)CC(C)(C)OC. The number of nitrogens with one attached hydrogen (secondary N) is 1. The van der Waals surface area contributed by atoms with Gasteiger partial charge in [-0.1, -0.05) is 0 Å². The molecule has 0 spiro atoms. The Morgan fingerprint density at radius 3 is 2.58 bits per heavy atom. The largest absolute Gasteiger partial charge is 0.495 e. The molecular formula is C15H22N2O2. The van der Waals surface area contributed by atoms with Gasteiger partial charge in [-0.3, -0.25) is 0 Å². The predicted octanol–water partition coefficient (Wildman–Crippen LogP) is 3.18. The van der Waals surface area contributed by atoms with Crippen LogP contribution in [0.4, 0.5) is 5.69 Å². The first kappa shape index (κ1) is 15.3. The van der Waals surface area contributed by atoms with Gasteiger partial charge >= 0.3 is 0 Å². The zero-order chi connectivity index (χ0) is 14.5. The highest BCUT2D eigenvalue weighted by Gasteiger charge is 2.20.